The van der Waals surface area contributed by atoms with Gasteiger partial charge in [0, 0.05) is 6.08 Å². The highest BCUT2D eigenvalue weighted by atomic mass is 16.2. The van der Waals surface area contributed by atoms with Crippen LogP contribution in [0.2, 0.25) is 0 Å². The summed E-state index contributed by atoms with van der Waals surface area (Å²) in [5.74, 6) is 2.75. The van der Waals surface area contributed by atoms with E-state index in [1.165, 1.54) is 0 Å². The van der Waals surface area contributed by atoms with Gasteiger partial charge in [0.1, 0.15) is 14.1 Å². The Hall–Kier alpha value is -0.590. The summed E-state index contributed by atoms with van der Waals surface area (Å²) in [5, 5.41) is 8.17. The zero-order chi connectivity index (χ0) is 5.70. The van der Waals surface area contributed by atoms with Crippen LogP contribution >= 0.6 is 0 Å². The van der Waals surface area contributed by atoms with Gasteiger partial charge in [-0.05, 0) is 0 Å². The highest BCUT2D eigenvalue weighted by Crippen LogP contribution is 1.51. The van der Waals surface area contributed by atoms with Gasteiger partial charge in [0.15, 0.2) is 5.87 Å². The van der Waals surface area contributed by atoms with E-state index in [9.17, 15) is 0 Å². The number of aliphatic hydroxyl groups excluding tert-OH is 1. The number of aliphatic hydroxyl groups is 1. The summed E-state index contributed by atoms with van der Waals surface area (Å²) >= 11 is 0. The summed E-state index contributed by atoms with van der Waals surface area (Å²) in [6.45, 7) is 0.0676. The normalized spacial score (nSPS) is 7.29. The van der Waals surface area contributed by atoms with Crippen molar-refractivity contribution in [2.45, 2.75) is 0 Å². The molecule has 0 bridgehead atoms. The Morgan fingerprint density at radius 2 is 2.29 bits per heavy atom. The Labute approximate surface area is 43.4 Å². The van der Waals surface area contributed by atoms with Crippen molar-refractivity contribution in [2.24, 2.45) is 0 Å². The lowest BCUT2D eigenvalue weighted by atomic mass is 10.7. The molecule has 0 rings (SSSR count). The highest BCUT2D eigenvalue weighted by Gasteiger charge is 1.69. The summed E-state index contributed by atoms with van der Waals surface area (Å²) in [4.78, 5) is 0. The van der Waals surface area contributed by atoms with E-state index in [1.807, 2.05) is 14.1 Å². The third-order valence-corrected chi connectivity index (χ3v) is 0.441. The third-order valence-electron chi connectivity index (χ3n) is 0.441. The van der Waals surface area contributed by atoms with Gasteiger partial charge in [-0.25, -0.2) is 0 Å². The fourth-order valence-corrected chi connectivity index (χ4v) is 0.223. The van der Waals surface area contributed by atoms with Crippen molar-refractivity contribution in [2.75, 3.05) is 20.7 Å². The van der Waals surface area contributed by atoms with Crippen LogP contribution in [-0.2, 0) is 0 Å². The molecule has 0 aliphatic rings. The second-order valence-corrected chi connectivity index (χ2v) is 1.41. The molecule has 7 heavy (non-hydrogen) atoms. The van der Waals surface area contributed by atoms with Crippen LogP contribution in [0.5, 0.6) is 0 Å². The van der Waals surface area contributed by atoms with Crippen LogP contribution in [0.3, 0.4) is 0 Å². The Kier molecular flexibility index (Phi) is 3.29. The molecule has 0 unspecified atom stereocenters. The minimum atomic E-state index is 0.0676. The molecular weight excluding hydrogens is 90.1 g/mol. The lowest BCUT2D eigenvalue weighted by Crippen LogP contribution is -1.92. The van der Waals surface area contributed by atoms with Crippen molar-refractivity contribution in [1.29, 1.82) is 0 Å². The van der Waals surface area contributed by atoms with Crippen LogP contribution in [0.15, 0.2) is 6.08 Å². The van der Waals surface area contributed by atoms with Crippen LogP contribution in [0.1, 0.15) is 0 Å². The largest absolute Gasteiger partial charge is 0.391 e. The highest BCUT2D eigenvalue weighted by molar-refractivity contribution is 5.45. The second-order valence-electron chi connectivity index (χ2n) is 1.41. The molecule has 1 N–H and O–H groups in total. The van der Waals surface area contributed by atoms with Crippen molar-refractivity contribution in [3.05, 3.63) is 6.08 Å². The van der Waals surface area contributed by atoms with Gasteiger partial charge in [-0.2, -0.15) is 4.58 Å². The van der Waals surface area contributed by atoms with E-state index in [0.717, 1.165) is 0 Å². The molecule has 2 nitrogen and oxygen atoms in total. The molecule has 0 atom stereocenters. The Morgan fingerprint density at radius 3 is 2.43 bits per heavy atom. The molecule has 0 aliphatic carbocycles. The predicted octanol–water partition coefficient (Wildman–Crippen LogP) is -0.523. The maximum absolute atomic E-state index is 8.17. The number of hydrogen-bond acceptors (Lipinski definition) is 1. The fraction of sp³-hybridized carbons (Fsp3) is 0.600. The summed E-state index contributed by atoms with van der Waals surface area (Å²) in [5.41, 5.74) is 0. The van der Waals surface area contributed by atoms with Gasteiger partial charge in [0.2, 0.25) is 0 Å². The molecule has 2 heteroatoms. The van der Waals surface area contributed by atoms with E-state index in [2.05, 4.69) is 5.87 Å². The van der Waals surface area contributed by atoms with Gasteiger partial charge in [-0.3, -0.25) is 0 Å². The van der Waals surface area contributed by atoms with E-state index in [4.69, 9.17) is 5.11 Å². The van der Waals surface area contributed by atoms with Crippen molar-refractivity contribution in [3.8, 4) is 0 Å². The Morgan fingerprint density at radius 1 is 1.71 bits per heavy atom. The third kappa shape index (κ3) is 5.41. The molecule has 0 saturated heterocycles. The van der Waals surface area contributed by atoms with Gasteiger partial charge in [-0.1, -0.05) is 0 Å². The van der Waals surface area contributed by atoms with E-state index in [0.29, 0.717) is 0 Å². The maximum Gasteiger partial charge on any atom is 0.164 e. The van der Waals surface area contributed by atoms with E-state index in [-0.39, 0.29) is 6.61 Å². The quantitative estimate of drug-likeness (QED) is 0.347. The molecule has 0 aliphatic heterocycles. The maximum atomic E-state index is 8.17. The smallest absolute Gasteiger partial charge is 0.164 e. The second kappa shape index (κ2) is 3.59. The molecule has 40 valence electrons. The number of rotatable bonds is 1. The van der Waals surface area contributed by atoms with Gasteiger partial charge in [-0.15, -0.1) is 0 Å². The average molecular weight is 100 g/mol. The topological polar surface area (TPSA) is 23.2 Å². The van der Waals surface area contributed by atoms with Gasteiger partial charge in [0.05, 0.1) is 6.61 Å². The molecule has 0 aromatic rings. The van der Waals surface area contributed by atoms with Crippen LogP contribution in [0.4, 0.5) is 0 Å². The molecular formula is C5H10NO+. The first kappa shape index (κ1) is 6.41. The standard InChI is InChI=1S/C5H10NO/c1-6(2)4-3-5-7/h3,7H,5H2,1-2H3/q+1. The van der Waals surface area contributed by atoms with Crippen molar-refractivity contribution in [3.63, 3.8) is 0 Å². The van der Waals surface area contributed by atoms with Crippen LogP contribution in [0.25, 0.3) is 0 Å². The summed E-state index contributed by atoms with van der Waals surface area (Å²) in [6.07, 6.45) is 1.56. The molecule has 0 heterocycles. The first-order valence-electron chi connectivity index (χ1n) is 2.13. The van der Waals surface area contributed by atoms with Gasteiger partial charge in [0.25, 0.3) is 0 Å². The van der Waals surface area contributed by atoms with Crippen molar-refractivity contribution >= 4 is 5.87 Å². The predicted molar refractivity (Wildman–Crippen MR) is 28.8 cm³/mol. The van der Waals surface area contributed by atoms with Gasteiger partial charge < -0.3 is 5.11 Å². The van der Waals surface area contributed by atoms with E-state index >= 15 is 0 Å². The first-order chi connectivity index (χ1) is 3.27. The zero-order valence-corrected chi connectivity index (χ0v) is 4.68. The Balaban J connectivity index is 3.62. The molecule has 0 saturated carbocycles. The molecule has 0 fully saturated rings. The van der Waals surface area contributed by atoms with Crippen LogP contribution < -0.4 is 0 Å². The lowest BCUT2D eigenvalue weighted by Gasteiger charge is -1.70. The van der Waals surface area contributed by atoms with Crippen molar-refractivity contribution < 1.29 is 9.68 Å². The Bertz CT molecular complexity index is 96.6. The molecule has 0 amide bonds. The molecule has 0 aromatic heterocycles. The lowest BCUT2D eigenvalue weighted by molar-refractivity contribution is -0.456. The number of hydrogen-bond donors (Lipinski definition) is 1. The zero-order valence-electron chi connectivity index (χ0n) is 4.68. The van der Waals surface area contributed by atoms with Crippen molar-refractivity contribution in [1.82, 2.24) is 0 Å². The summed E-state index contributed by atoms with van der Waals surface area (Å²) in [6, 6.07) is 0. The van der Waals surface area contributed by atoms with E-state index in [1.54, 1.807) is 10.7 Å². The summed E-state index contributed by atoms with van der Waals surface area (Å²) in [7, 11) is 3.71. The molecule has 0 radical (unpaired) electrons. The first-order valence-corrected chi connectivity index (χ1v) is 2.13. The molecule has 0 spiro atoms. The minimum Gasteiger partial charge on any atom is -0.391 e. The van der Waals surface area contributed by atoms with Crippen LogP contribution in [0, 0.1) is 0 Å². The van der Waals surface area contributed by atoms with Gasteiger partial charge >= 0.3 is 0 Å². The monoisotopic (exact) mass is 100 g/mol. The average Bonchev–Trinajstić information content (AvgIpc) is 1.61. The number of nitrogens with zero attached hydrogens (tertiary/aromatic N) is 1. The minimum absolute atomic E-state index is 0.0676. The van der Waals surface area contributed by atoms with Crippen LogP contribution in [-0.4, -0.2) is 36.3 Å². The fourth-order valence-electron chi connectivity index (χ4n) is 0.223. The SMILES string of the molecule is C[N+](C)=C=CCO. The van der Waals surface area contributed by atoms with E-state index < -0.39 is 0 Å². The summed E-state index contributed by atoms with van der Waals surface area (Å²) < 4.78 is 1.75. The molecule has 0 aromatic carbocycles.